The summed E-state index contributed by atoms with van der Waals surface area (Å²) in [6.07, 6.45) is 6.83. The summed E-state index contributed by atoms with van der Waals surface area (Å²) in [5.74, 6) is 0.0101. The Balaban J connectivity index is 2.62. The van der Waals surface area contributed by atoms with E-state index in [4.69, 9.17) is 10.3 Å². The number of rotatable bonds is 2. The number of aliphatic hydroxyl groups is 1. The van der Waals surface area contributed by atoms with Crippen LogP contribution in [0.5, 0.6) is 0 Å². The summed E-state index contributed by atoms with van der Waals surface area (Å²) < 4.78 is 0. The van der Waals surface area contributed by atoms with E-state index in [1.807, 2.05) is 12.2 Å². The van der Waals surface area contributed by atoms with Gasteiger partial charge in [0.1, 0.15) is 0 Å². The fraction of sp³-hybridized carbons (Fsp3) is 0.286. The molecule has 0 heterocycles. The van der Waals surface area contributed by atoms with Crippen LogP contribution < -0.4 is 0 Å². The van der Waals surface area contributed by atoms with Crippen molar-refractivity contribution in [2.45, 2.75) is 0 Å². The van der Waals surface area contributed by atoms with Crippen molar-refractivity contribution in [2.24, 2.45) is 11.1 Å². The van der Waals surface area contributed by atoms with E-state index in [0.29, 0.717) is 0 Å². The van der Waals surface area contributed by atoms with Crippen molar-refractivity contribution >= 4 is 6.21 Å². The van der Waals surface area contributed by atoms with Gasteiger partial charge in [-0.15, -0.1) is 0 Å². The number of hydrogen-bond donors (Lipinski definition) is 2. The molecule has 1 atom stereocenters. The topological polar surface area (TPSA) is 52.8 Å². The van der Waals surface area contributed by atoms with Gasteiger partial charge in [-0.1, -0.05) is 23.4 Å². The van der Waals surface area contributed by atoms with Crippen LogP contribution in [-0.4, -0.2) is 23.1 Å². The van der Waals surface area contributed by atoms with Gasteiger partial charge >= 0.3 is 0 Å². The highest BCUT2D eigenvalue weighted by Crippen LogP contribution is 2.16. The molecule has 3 heteroatoms. The molecule has 0 aromatic heterocycles. The lowest BCUT2D eigenvalue weighted by Crippen LogP contribution is -2.04. The first-order chi connectivity index (χ1) is 4.88. The van der Waals surface area contributed by atoms with Crippen LogP contribution in [0.3, 0.4) is 0 Å². The Morgan fingerprint density at radius 3 is 3.10 bits per heavy atom. The third-order valence-electron chi connectivity index (χ3n) is 1.46. The first-order valence-electron chi connectivity index (χ1n) is 3.05. The SMILES string of the molecule is OCC1C=CC=C1C=NO. The fourth-order valence-electron chi connectivity index (χ4n) is 0.907. The number of hydrogen-bond acceptors (Lipinski definition) is 3. The van der Waals surface area contributed by atoms with E-state index in [1.165, 1.54) is 6.21 Å². The zero-order valence-electron chi connectivity index (χ0n) is 5.44. The van der Waals surface area contributed by atoms with Crippen LogP contribution >= 0.6 is 0 Å². The zero-order valence-corrected chi connectivity index (χ0v) is 5.44. The van der Waals surface area contributed by atoms with Gasteiger partial charge in [0.15, 0.2) is 0 Å². The highest BCUT2D eigenvalue weighted by atomic mass is 16.4. The first-order valence-corrected chi connectivity index (χ1v) is 3.05. The molecule has 0 aromatic rings. The van der Waals surface area contributed by atoms with Crippen molar-refractivity contribution in [3.8, 4) is 0 Å². The van der Waals surface area contributed by atoms with Gasteiger partial charge in [0.2, 0.25) is 0 Å². The second kappa shape index (κ2) is 3.17. The van der Waals surface area contributed by atoms with Crippen LogP contribution in [0.4, 0.5) is 0 Å². The zero-order chi connectivity index (χ0) is 7.40. The Labute approximate surface area is 59.0 Å². The standard InChI is InChI=1S/C7H9NO2/c9-5-7-3-1-2-6(7)4-8-10/h1-4,7,9-10H,5H2. The molecule has 1 aliphatic carbocycles. The van der Waals surface area contributed by atoms with Gasteiger partial charge in [0.25, 0.3) is 0 Å². The molecule has 0 saturated heterocycles. The minimum Gasteiger partial charge on any atom is -0.411 e. The van der Waals surface area contributed by atoms with Gasteiger partial charge in [0.05, 0.1) is 12.8 Å². The van der Waals surface area contributed by atoms with Gasteiger partial charge in [-0.3, -0.25) is 0 Å². The molecule has 0 aromatic carbocycles. The highest BCUT2D eigenvalue weighted by Gasteiger charge is 2.10. The van der Waals surface area contributed by atoms with E-state index in [2.05, 4.69) is 5.16 Å². The minimum absolute atomic E-state index is 0.0101. The molecule has 1 rings (SSSR count). The van der Waals surface area contributed by atoms with E-state index in [0.717, 1.165) is 5.57 Å². The number of allylic oxidation sites excluding steroid dienone is 2. The number of oxime groups is 1. The Kier molecular flexibility index (Phi) is 2.23. The Morgan fingerprint density at radius 1 is 1.70 bits per heavy atom. The summed E-state index contributed by atoms with van der Waals surface area (Å²) >= 11 is 0. The molecule has 1 aliphatic rings. The maximum Gasteiger partial charge on any atom is 0.0700 e. The summed E-state index contributed by atoms with van der Waals surface area (Å²) in [4.78, 5) is 0. The van der Waals surface area contributed by atoms with Crippen molar-refractivity contribution in [1.82, 2.24) is 0 Å². The summed E-state index contributed by atoms with van der Waals surface area (Å²) in [5.41, 5.74) is 0.838. The molecule has 54 valence electrons. The lowest BCUT2D eigenvalue weighted by atomic mass is 10.1. The second-order valence-electron chi connectivity index (χ2n) is 2.09. The van der Waals surface area contributed by atoms with Crippen LogP contribution in [0.1, 0.15) is 0 Å². The Hall–Kier alpha value is -1.09. The molecule has 0 radical (unpaired) electrons. The van der Waals surface area contributed by atoms with E-state index in [9.17, 15) is 0 Å². The maximum absolute atomic E-state index is 8.73. The van der Waals surface area contributed by atoms with Crippen LogP contribution in [0.15, 0.2) is 29.0 Å². The van der Waals surface area contributed by atoms with Crippen LogP contribution in [0, 0.1) is 5.92 Å². The van der Waals surface area contributed by atoms with Gasteiger partial charge < -0.3 is 10.3 Å². The van der Waals surface area contributed by atoms with Crippen LogP contribution in [0.25, 0.3) is 0 Å². The van der Waals surface area contributed by atoms with Gasteiger partial charge in [-0.25, -0.2) is 0 Å². The van der Waals surface area contributed by atoms with Crippen molar-refractivity contribution < 1.29 is 10.3 Å². The summed E-state index contributed by atoms with van der Waals surface area (Å²) in [6.45, 7) is 0.0638. The summed E-state index contributed by atoms with van der Waals surface area (Å²) in [7, 11) is 0. The van der Waals surface area contributed by atoms with Crippen molar-refractivity contribution in [3.05, 3.63) is 23.8 Å². The normalized spacial score (nSPS) is 24.1. The van der Waals surface area contributed by atoms with Crippen LogP contribution in [0.2, 0.25) is 0 Å². The molecule has 1 unspecified atom stereocenters. The van der Waals surface area contributed by atoms with E-state index in [-0.39, 0.29) is 12.5 Å². The first kappa shape index (κ1) is 7.02. The minimum atomic E-state index is 0.0101. The quantitative estimate of drug-likeness (QED) is 0.333. The van der Waals surface area contributed by atoms with E-state index >= 15 is 0 Å². The second-order valence-corrected chi connectivity index (χ2v) is 2.09. The average molecular weight is 139 g/mol. The number of aliphatic hydroxyl groups excluding tert-OH is 1. The smallest absolute Gasteiger partial charge is 0.0700 e. The fourth-order valence-corrected chi connectivity index (χ4v) is 0.907. The Morgan fingerprint density at radius 2 is 2.50 bits per heavy atom. The average Bonchev–Trinajstić information content (AvgIpc) is 2.36. The number of nitrogens with zero attached hydrogens (tertiary/aromatic N) is 1. The van der Waals surface area contributed by atoms with Crippen LogP contribution in [-0.2, 0) is 0 Å². The lowest BCUT2D eigenvalue weighted by Gasteiger charge is -2.02. The molecule has 0 bridgehead atoms. The predicted octanol–water partition coefficient (Wildman–Crippen LogP) is 0.551. The van der Waals surface area contributed by atoms with Crippen molar-refractivity contribution in [1.29, 1.82) is 0 Å². The van der Waals surface area contributed by atoms with Gasteiger partial charge in [-0.2, -0.15) is 0 Å². The third-order valence-corrected chi connectivity index (χ3v) is 1.46. The summed E-state index contributed by atoms with van der Waals surface area (Å²) in [5, 5.41) is 19.8. The lowest BCUT2D eigenvalue weighted by molar-refractivity contribution is 0.272. The maximum atomic E-state index is 8.73. The molecule has 0 fully saturated rings. The summed E-state index contributed by atoms with van der Waals surface area (Å²) in [6, 6.07) is 0. The molecule has 2 N–H and O–H groups in total. The molecular weight excluding hydrogens is 130 g/mol. The molecular formula is C7H9NO2. The van der Waals surface area contributed by atoms with E-state index < -0.39 is 0 Å². The Bertz CT molecular complexity index is 194. The van der Waals surface area contributed by atoms with E-state index in [1.54, 1.807) is 6.08 Å². The molecule has 0 aliphatic heterocycles. The largest absolute Gasteiger partial charge is 0.411 e. The molecule has 0 spiro atoms. The molecule has 0 amide bonds. The monoisotopic (exact) mass is 139 g/mol. The predicted molar refractivity (Wildman–Crippen MR) is 38.1 cm³/mol. The van der Waals surface area contributed by atoms with Gasteiger partial charge in [-0.05, 0) is 5.57 Å². The van der Waals surface area contributed by atoms with Crippen molar-refractivity contribution in [2.75, 3.05) is 6.61 Å². The van der Waals surface area contributed by atoms with Gasteiger partial charge in [0, 0.05) is 5.92 Å². The molecule has 10 heavy (non-hydrogen) atoms. The third kappa shape index (κ3) is 1.25. The molecule has 0 saturated carbocycles. The van der Waals surface area contributed by atoms with Crippen molar-refractivity contribution in [3.63, 3.8) is 0 Å². The molecule has 3 nitrogen and oxygen atoms in total. The highest BCUT2D eigenvalue weighted by molar-refractivity contribution is 5.80.